The molecular weight excluding hydrogens is 475 g/mol. The maximum absolute atomic E-state index is 11.9. The quantitative estimate of drug-likeness (QED) is 0.328. The van der Waals surface area contributed by atoms with Crippen LogP contribution in [-0.2, 0) is 11.2 Å². The van der Waals surface area contributed by atoms with Crippen LogP contribution in [0.25, 0.3) is 0 Å². The Bertz CT molecular complexity index is 763. The number of hydrogen-bond acceptors (Lipinski definition) is 5. The highest BCUT2D eigenvalue weighted by Gasteiger charge is 2.08. The average Bonchev–Trinajstić information content (AvgIpc) is 3.18. The molecule has 2 rings (SSSR count). The number of benzene rings is 1. The lowest BCUT2D eigenvalue weighted by atomic mass is 10.2. The summed E-state index contributed by atoms with van der Waals surface area (Å²) in [7, 11) is 6.56. The molecular formula is C19H27IN4O4. The molecule has 0 bridgehead atoms. The minimum absolute atomic E-state index is 0. The van der Waals surface area contributed by atoms with Crippen molar-refractivity contribution in [1.29, 1.82) is 0 Å². The van der Waals surface area contributed by atoms with Gasteiger partial charge in [0, 0.05) is 38.8 Å². The second kappa shape index (κ2) is 12.1. The monoisotopic (exact) mass is 502 g/mol. The number of carbonyl (C=O) groups is 1. The van der Waals surface area contributed by atoms with E-state index in [2.05, 4.69) is 15.6 Å². The van der Waals surface area contributed by atoms with E-state index in [0.29, 0.717) is 30.4 Å². The Morgan fingerprint density at radius 2 is 1.93 bits per heavy atom. The number of aliphatic imine (C=N–C) groups is 1. The van der Waals surface area contributed by atoms with Gasteiger partial charge in [0.1, 0.15) is 12.3 Å². The number of hydrogen-bond donors (Lipinski definition) is 2. The summed E-state index contributed by atoms with van der Waals surface area (Å²) < 4.78 is 15.9. The Kier molecular flexibility index (Phi) is 10.2. The lowest BCUT2D eigenvalue weighted by Crippen LogP contribution is -2.34. The number of halogens is 1. The molecule has 0 saturated carbocycles. The van der Waals surface area contributed by atoms with Gasteiger partial charge in [0.25, 0.3) is 0 Å². The molecule has 1 amide bonds. The van der Waals surface area contributed by atoms with Crippen molar-refractivity contribution >= 4 is 41.5 Å². The minimum Gasteiger partial charge on any atom is -0.493 e. The number of amides is 1. The van der Waals surface area contributed by atoms with Crippen molar-refractivity contribution < 1.29 is 18.7 Å². The van der Waals surface area contributed by atoms with Crippen molar-refractivity contribution in [3.63, 3.8) is 0 Å². The van der Waals surface area contributed by atoms with E-state index in [1.165, 1.54) is 4.90 Å². The lowest BCUT2D eigenvalue weighted by Gasteiger charge is -2.15. The van der Waals surface area contributed by atoms with Gasteiger partial charge in [-0.2, -0.15) is 0 Å². The third kappa shape index (κ3) is 7.29. The summed E-state index contributed by atoms with van der Waals surface area (Å²) in [6, 6.07) is 9.21. The summed E-state index contributed by atoms with van der Waals surface area (Å²) in [6.07, 6.45) is 2.34. The van der Waals surface area contributed by atoms with Gasteiger partial charge in [-0.05, 0) is 24.3 Å². The van der Waals surface area contributed by atoms with Crippen LogP contribution in [0.15, 0.2) is 46.0 Å². The topological polar surface area (TPSA) is 88.3 Å². The fourth-order valence-corrected chi connectivity index (χ4v) is 2.24. The van der Waals surface area contributed by atoms with Crippen LogP contribution in [0.5, 0.6) is 11.5 Å². The van der Waals surface area contributed by atoms with Crippen molar-refractivity contribution in [2.75, 3.05) is 46.7 Å². The summed E-state index contributed by atoms with van der Waals surface area (Å²) in [5.41, 5.74) is 0.759. The van der Waals surface area contributed by atoms with Crippen LogP contribution in [0, 0.1) is 0 Å². The zero-order chi connectivity index (χ0) is 19.6. The number of ether oxygens (including phenoxy) is 2. The number of methoxy groups -OCH3 is 2. The third-order valence-electron chi connectivity index (χ3n) is 3.76. The van der Waals surface area contributed by atoms with Crippen molar-refractivity contribution in [2.45, 2.75) is 6.42 Å². The molecule has 0 aliphatic heterocycles. The number of furan rings is 1. The number of nitrogens with one attached hydrogen (secondary N) is 2. The molecule has 9 heteroatoms. The molecule has 1 heterocycles. The van der Waals surface area contributed by atoms with Gasteiger partial charge in [0.15, 0.2) is 17.5 Å². The molecule has 1 aromatic carbocycles. The average molecular weight is 502 g/mol. The normalized spacial score (nSPS) is 10.6. The van der Waals surface area contributed by atoms with Crippen LogP contribution in [0.4, 0.5) is 5.69 Å². The van der Waals surface area contributed by atoms with Crippen LogP contribution >= 0.6 is 24.0 Å². The molecule has 154 valence electrons. The Morgan fingerprint density at radius 1 is 1.18 bits per heavy atom. The van der Waals surface area contributed by atoms with Crippen LogP contribution in [-0.4, -0.2) is 58.2 Å². The van der Waals surface area contributed by atoms with Crippen molar-refractivity contribution in [1.82, 2.24) is 10.2 Å². The van der Waals surface area contributed by atoms with Crippen LogP contribution < -0.4 is 20.1 Å². The highest BCUT2D eigenvalue weighted by molar-refractivity contribution is 14.0. The molecule has 8 nitrogen and oxygen atoms in total. The van der Waals surface area contributed by atoms with E-state index in [1.807, 2.05) is 18.2 Å². The first-order valence-electron chi connectivity index (χ1n) is 8.53. The fraction of sp³-hybridized carbons (Fsp3) is 0.368. The fourth-order valence-electron chi connectivity index (χ4n) is 2.24. The first-order chi connectivity index (χ1) is 13.0. The van der Waals surface area contributed by atoms with Gasteiger partial charge in [-0.25, -0.2) is 4.99 Å². The molecule has 0 aliphatic carbocycles. The lowest BCUT2D eigenvalue weighted by molar-refractivity contribution is -0.127. The number of nitrogens with zero attached hydrogens (tertiary/aromatic N) is 2. The van der Waals surface area contributed by atoms with E-state index in [4.69, 9.17) is 13.9 Å². The molecule has 0 radical (unpaired) electrons. The summed E-state index contributed by atoms with van der Waals surface area (Å²) in [4.78, 5) is 17.7. The maximum Gasteiger partial charge on any atom is 0.243 e. The molecule has 0 spiro atoms. The van der Waals surface area contributed by atoms with E-state index in [9.17, 15) is 4.79 Å². The number of rotatable bonds is 8. The van der Waals surface area contributed by atoms with E-state index >= 15 is 0 Å². The third-order valence-corrected chi connectivity index (χ3v) is 3.76. The summed E-state index contributed by atoms with van der Waals surface area (Å²) in [5, 5.41) is 6.38. The van der Waals surface area contributed by atoms with Crippen molar-refractivity contribution in [3.8, 4) is 11.5 Å². The predicted molar refractivity (Wildman–Crippen MR) is 120 cm³/mol. The van der Waals surface area contributed by atoms with Gasteiger partial charge in [-0.3, -0.25) is 4.79 Å². The van der Waals surface area contributed by atoms with Crippen molar-refractivity contribution in [3.05, 3.63) is 42.4 Å². The second-order valence-corrected chi connectivity index (χ2v) is 5.90. The molecule has 2 N–H and O–H groups in total. The molecule has 0 atom stereocenters. The highest BCUT2D eigenvalue weighted by Crippen LogP contribution is 2.29. The van der Waals surface area contributed by atoms with Gasteiger partial charge in [-0.15, -0.1) is 24.0 Å². The van der Waals surface area contributed by atoms with Gasteiger partial charge >= 0.3 is 0 Å². The van der Waals surface area contributed by atoms with E-state index in [0.717, 1.165) is 11.4 Å². The molecule has 0 saturated heterocycles. The van der Waals surface area contributed by atoms with Crippen LogP contribution in [0.3, 0.4) is 0 Å². The number of guanidine groups is 1. The first kappa shape index (κ1) is 23.6. The maximum atomic E-state index is 11.9. The number of anilines is 1. The molecule has 0 unspecified atom stereocenters. The summed E-state index contributed by atoms with van der Waals surface area (Å²) in [6.45, 7) is 0.638. The molecule has 1 aromatic heterocycles. The molecule has 28 heavy (non-hydrogen) atoms. The van der Waals surface area contributed by atoms with Crippen LogP contribution in [0.1, 0.15) is 5.76 Å². The van der Waals surface area contributed by atoms with Crippen molar-refractivity contribution in [2.24, 2.45) is 4.99 Å². The molecule has 2 aromatic rings. The number of likely N-dealkylation sites (N-methyl/N-ethyl adjacent to an activating group) is 1. The minimum atomic E-state index is -0.0885. The summed E-state index contributed by atoms with van der Waals surface area (Å²) >= 11 is 0. The zero-order valence-corrected chi connectivity index (χ0v) is 18.9. The van der Waals surface area contributed by atoms with Gasteiger partial charge < -0.3 is 29.4 Å². The van der Waals surface area contributed by atoms with Gasteiger partial charge in [0.2, 0.25) is 5.91 Å². The predicted octanol–water partition coefficient (Wildman–Crippen LogP) is 2.60. The van der Waals surface area contributed by atoms with E-state index in [-0.39, 0.29) is 36.4 Å². The van der Waals surface area contributed by atoms with Crippen LogP contribution in [0.2, 0.25) is 0 Å². The Labute approximate surface area is 182 Å². The largest absolute Gasteiger partial charge is 0.493 e. The molecule has 0 aliphatic rings. The smallest absolute Gasteiger partial charge is 0.243 e. The summed E-state index contributed by atoms with van der Waals surface area (Å²) in [5.74, 6) is 2.51. The molecule has 0 fully saturated rings. The van der Waals surface area contributed by atoms with E-state index < -0.39 is 0 Å². The number of carbonyl (C=O) groups excluding carboxylic acids is 1. The Balaban J connectivity index is 0.00000392. The second-order valence-electron chi connectivity index (χ2n) is 5.90. The Morgan fingerprint density at radius 3 is 2.54 bits per heavy atom. The first-order valence-corrected chi connectivity index (χ1v) is 8.53. The SMILES string of the molecule is COc1ccc(NC(=NCC(=O)N(C)C)NCCc2ccco2)cc1OC.I. The zero-order valence-electron chi connectivity index (χ0n) is 16.5. The standard InChI is InChI=1S/C19H26N4O4.HI/c1-23(2)18(24)13-21-19(20-10-9-15-6-5-11-27-15)22-14-7-8-16(25-3)17(12-14)26-4;/h5-8,11-12H,9-10,13H2,1-4H3,(H2,20,21,22);1H. The Hall–Kier alpha value is -2.43. The van der Waals surface area contributed by atoms with Gasteiger partial charge in [-0.1, -0.05) is 0 Å². The van der Waals surface area contributed by atoms with Gasteiger partial charge in [0.05, 0.1) is 20.5 Å². The van der Waals surface area contributed by atoms with E-state index in [1.54, 1.807) is 46.7 Å². The highest BCUT2D eigenvalue weighted by atomic mass is 127.